The van der Waals surface area contributed by atoms with E-state index in [1.165, 1.54) is 25.2 Å². The Labute approximate surface area is 167 Å². The lowest BCUT2D eigenvalue weighted by atomic mass is 10.2. The van der Waals surface area contributed by atoms with Crippen molar-refractivity contribution in [1.82, 2.24) is 10.9 Å². The lowest BCUT2D eigenvalue weighted by Gasteiger charge is -2.29. The summed E-state index contributed by atoms with van der Waals surface area (Å²) in [4.78, 5) is 38.0. The van der Waals surface area contributed by atoms with Crippen LogP contribution in [0.5, 0.6) is 17.2 Å². The highest BCUT2D eigenvalue weighted by Gasteiger charge is 2.25. The SMILES string of the molecule is COc1ccc(C(=O)NNC(=O)CCN2C(=O)COc3ccccc32)cc1OC. The van der Waals surface area contributed by atoms with Crippen molar-refractivity contribution in [1.29, 1.82) is 0 Å². The van der Waals surface area contributed by atoms with Gasteiger partial charge in [0.15, 0.2) is 18.1 Å². The van der Waals surface area contributed by atoms with Gasteiger partial charge in [-0.25, -0.2) is 0 Å². The molecule has 9 nitrogen and oxygen atoms in total. The third-order valence-electron chi connectivity index (χ3n) is 4.33. The number of carbonyl (C=O) groups excluding carboxylic acids is 3. The van der Waals surface area contributed by atoms with Gasteiger partial charge in [0.05, 0.1) is 19.9 Å². The molecule has 0 saturated heterocycles. The number of hydrogen-bond donors (Lipinski definition) is 2. The zero-order valence-electron chi connectivity index (χ0n) is 16.1. The van der Waals surface area contributed by atoms with Crippen molar-refractivity contribution in [2.75, 3.05) is 32.3 Å². The quantitative estimate of drug-likeness (QED) is 0.709. The van der Waals surface area contributed by atoms with Crippen LogP contribution in [0.25, 0.3) is 0 Å². The molecule has 1 aliphatic rings. The molecular formula is C20H21N3O6. The first-order chi connectivity index (χ1) is 14.0. The van der Waals surface area contributed by atoms with Crippen LogP contribution in [-0.2, 0) is 9.59 Å². The summed E-state index contributed by atoms with van der Waals surface area (Å²) in [5.41, 5.74) is 5.60. The minimum Gasteiger partial charge on any atom is -0.493 e. The summed E-state index contributed by atoms with van der Waals surface area (Å²) >= 11 is 0. The van der Waals surface area contributed by atoms with Gasteiger partial charge in [-0.1, -0.05) is 12.1 Å². The molecule has 3 amide bonds. The van der Waals surface area contributed by atoms with E-state index in [1.807, 2.05) is 6.07 Å². The summed E-state index contributed by atoms with van der Waals surface area (Å²) in [7, 11) is 2.96. The van der Waals surface area contributed by atoms with Crippen LogP contribution in [0.4, 0.5) is 5.69 Å². The van der Waals surface area contributed by atoms with Crippen molar-refractivity contribution in [2.45, 2.75) is 6.42 Å². The van der Waals surface area contributed by atoms with E-state index >= 15 is 0 Å². The van der Waals surface area contributed by atoms with Crippen LogP contribution in [0.1, 0.15) is 16.8 Å². The molecule has 0 aromatic heterocycles. The fraction of sp³-hybridized carbons (Fsp3) is 0.250. The number of benzene rings is 2. The second-order valence-corrected chi connectivity index (χ2v) is 6.12. The van der Waals surface area contributed by atoms with E-state index in [2.05, 4.69) is 10.9 Å². The zero-order chi connectivity index (χ0) is 20.8. The molecule has 29 heavy (non-hydrogen) atoms. The number of ether oxygens (including phenoxy) is 3. The average molecular weight is 399 g/mol. The Morgan fingerprint density at radius 3 is 2.59 bits per heavy atom. The molecule has 0 bridgehead atoms. The normalized spacial score (nSPS) is 12.5. The number of amides is 3. The maximum atomic E-state index is 12.2. The maximum Gasteiger partial charge on any atom is 0.269 e. The second-order valence-electron chi connectivity index (χ2n) is 6.12. The molecule has 3 rings (SSSR count). The Hall–Kier alpha value is -3.75. The van der Waals surface area contributed by atoms with Gasteiger partial charge in [-0.05, 0) is 30.3 Å². The molecule has 2 aromatic rings. The molecular weight excluding hydrogens is 378 g/mol. The summed E-state index contributed by atoms with van der Waals surface area (Å²) in [6, 6.07) is 11.8. The van der Waals surface area contributed by atoms with Crippen LogP contribution < -0.4 is 30.0 Å². The van der Waals surface area contributed by atoms with Crippen molar-refractivity contribution >= 4 is 23.4 Å². The average Bonchev–Trinajstić information content (AvgIpc) is 2.76. The van der Waals surface area contributed by atoms with E-state index in [1.54, 1.807) is 30.3 Å². The van der Waals surface area contributed by atoms with Crippen LogP contribution in [-0.4, -0.2) is 45.1 Å². The van der Waals surface area contributed by atoms with Crippen molar-refractivity contribution in [3.05, 3.63) is 48.0 Å². The largest absolute Gasteiger partial charge is 0.493 e. The van der Waals surface area contributed by atoms with Crippen LogP contribution in [0.2, 0.25) is 0 Å². The van der Waals surface area contributed by atoms with Gasteiger partial charge in [-0.3, -0.25) is 25.2 Å². The van der Waals surface area contributed by atoms with Crippen molar-refractivity contribution in [3.8, 4) is 17.2 Å². The summed E-state index contributed by atoms with van der Waals surface area (Å²) in [6.07, 6.45) is 0.00624. The number of hydrazine groups is 1. The molecule has 0 unspecified atom stereocenters. The molecule has 2 aromatic carbocycles. The Balaban J connectivity index is 1.54. The standard InChI is InChI=1S/C20H21N3O6/c1-27-16-8-7-13(11-17(16)28-2)20(26)22-21-18(24)9-10-23-14-5-3-4-6-15(14)29-12-19(23)25/h3-8,11H,9-10,12H2,1-2H3,(H,21,24)(H,22,26). The third kappa shape index (κ3) is 4.57. The molecule has 0 fully saturated rings. The number of methoxy groups -OCH3 is 2. The molecule has 1 aliphatic heterocycles. The van der Waals surface area contributed by atoms with Gasteiger partial charge in [0.25, 0.3) is 11.8 Å². The lowest BCUT2D eigenvalue weighted by molar-refractivity contribution is -0.122. The summed E-state index contributed by atoms with van der Waals surface area (Å²) in [5.74, 6) is 0.308. The van der Waals surface area contributed by atoms with Gasteiger partial charge in [0.1, 0.15) is 5.75 Å². The van der Waals surface area contributed by atoms with Crippen LogP contribution in [0, 0.1) is 0 Å². The van der Waals surface area contributed by atoms with Crippen molar-refractivity contribution in [2.24, 2.45) is 0 Å². The van der Waals surface area contributed by atoms with Gasteiger partial charge in [0.2, 0.25) is 5.91 Å². The molecule has 0 spiro atoms. The minimum absolute atomic E-state index is 0.00624. The topological polar surface area (TPSA) is 106 Å². The van der Waals surface area contributed by atoms with Gasteiger partial charge < -0.3 is 19.1 Å². The molecule has 152 valence electrons. The monoisotopic (exact) mass is 399 g/mol. The smallest absolute Gasteiger partial charge is 0.269 e. The van der Waals surface area contributed by atoms with Crippen LogP contribution >= 0.6 is 0 Å². The van der Waals surface area contributed by atoms with Crippen LogP contribution in [0.3, 0.4) is 0 Å². The highest BCUT2D eigenvalue weighted by Crippen LogP contribution is 2.31. The number of hydrogen-bond acceptors (Lipinski definition) is 6. The van der Waals surface area contributed by atoms with Gasteiger partial charge in [-0.15, -0.1) is 0 Å². The minimum atomic E-state index is -0.507. The second kappa shape index (κ2) is 8.96. The first-order valence-electron chi connectivity index (χ1n) is 8.87. The van der Waals surface area contributed by atoms with E-state index in [-0.39, 0.29) is 25.5 Å². The van der Waals surface area contributed by atoms with E-state index in [0.717, 1.165) is 0 Å². The molecule has 1 heterocycles. The lowest BCUT2D eigenvalue weighted by Crippen LogP contribution is -2.44. The van der Waals surface area contributed by atoms with Gasteiger partial charge in [0, 0.05) is 18.5 Å². The molecule has 0 radical (unpaired) electrons. The fourth-order valence-electron chi connectivity index (χ4n) is 2.85. The van der Waals surface area contributed by atoms with E-state index in [0.29, 0.717) is 28.5 Å². The Bertz CT molecular complexity index is 930. The highest BCUT2D eigenvalue weighted by molar-refractivity contribution is 5.99. The summed E-state index contributed by atoms with van der Waals surface area (Å²) < 4.78 is 15.7. The number of fused-ring (bicyclic) bond motifs is 1. The zero-order valence-corrected chi connectivity index (χ0v) is 16.1. The Morgan fingerprint density at radius 1 is 1.07 bits per heavy atom. The molecule has 0 saturated carbocycles. The third-order valence-corrected chi connectivity index (χ3v) is 4.33. The molecule has 0 aliphatic carbocycles. The predicted octanol–water partition coefficient (Wildman–Crippen LogP) is 1.28. The van der Waals surface area contributed by atoms with E-state index < -0.39 is 11.8 Å². The highest BCUT2D eigenvalue weighted by atomic mass is 16.5. The van der Waals surface area contributed by atoms with Crippen molar-refractivity contribution in [3.63, 3.8) is 0 Å². The number of nitrogens with zero attached hydrogens (tertiary/aromatic N) is 1. The number of nitrogens with one attached hydrogen (secondary N) is 2. The fourth-order valence-corrected chi connectivity index (χ4v) is 2.85. The number of rotatable bonds is 6. The number of carbonyl (C=O) groups is 3. The van der Waals surface area contributed by atoms with Crippen molar-refractivity contribution < 1.29 is 28.6 Å². The number of para-hydroxylation sites is 2. The van der Waals surface area contributed by atoms with Gasteiger partial charge in [-0.2, -0.15) is 0 Å². The summed E-state index contributed by atoms with van der Waals surface area (Å²) in [6.45, 7) is 0.0892. The predicted molar refractivity (Wildman–Crippen MR) is 104 cm³/mol. The first kappa shape index (κ1) is 20.0. The molecule has 2 N–H and O–H groups in total. The Kier molecular flexibility index (Phi) is 6.18. The van der Waals surface area contributed by atoms with E-state index in [4.69, 9.17) is 14.2 Å². The number of anilines is 1. The maximum absolute atomic E-state index is 12.2. The van der Waals surface area contributed by atoms with E-state index in [9.17, 15) is 14.4 Å². The summed E-state index contributed by atoms with van der Waals surface area (Å²) in [5, 5.41) is 0. The first-order valence-corrected chi connectivity index (χ1v) is 8.87. The van der Waals surface area contributed by atoms with Crippen LogP contribution in [0.15, 0.2) is 42.5 Å². The molecule has 0 atom stereocenters. The van der Waals surface area contributed by atoms with Gasteiger partial charge >= 0.3 is 0 Å². The molecule has 9 heteroatoms. The Morgan fingerprint density at radius 2 is 1.83 bits per heavy atom.